The Labute approximate surface area is 143 Å². The zero-order valence-corrected chi connectivity index (χ0v) is 13.9. The molecule has 3 nitrogen and oxygen atoms in total. The Morgan fingerprint density at radius 3 is 2.38 bits per heavy atom. The molecule has 124 valence electrons. The fourth-order valence-corrected chi connectivity index (χ4v) is 3.65. The second-order valence-electron chi connectivity index (χ2n) is 6.91. The lowest BCUT2D eigenvalue weighted by atomic mass is 9.94. The molecule has 0 radical (unpaired) electrons. The van der Waals surface area contributed by atoms with E-state index in [4.69, 9.17) is 4.74 Å². The minimum absolute atomic E-state index is 0.153. The van der Waals surface area contributed by atoms with Gasteiger partial charge in [-0.1, -0.05) is 60.7 Å². The van der Waals surface area contributed by atoms with Gasteiger partial charge in [-0.05, 0) is 30.4 Å². The maximum absolute atomic E-state index is 13.0. The van der Waals surface area contributed by atoms with Gasteiger partial charge in [-0.25, -0.2) is 0 Å². The minimum atomic E-state index is -0.254. The highest BCUT2D eigenvalue weighted by Gasteiger charge is 2.53. The molecule has 0 bridgehead atoms. The monoisotopic (exact) mass is 321 g/mol. The summed E-state index contributed by atoms with van der Waals surface area (Å²) in [4.78, 5) is 15.0. The summed E-state index contributed by atoms with van der Waals surface area (Å²) in [7, 11) is 0. The quantitative estimate of drug-likeness (QED) is 0.843. The molecule has 1 amide bonds. The van der Waals surface area contributed by atoms with Crippen molar-refractivity contribution < 1.29 is 9.53 Å². The maximum Gasteiger partial charge on any atom is 0.233 e. The molecular weight excluding hydrogens is 298 g/mol. The van der Waals surface area contributed by atoms with Gasteiger partial charge in [-0.3, -0.25) is 4.79 Å². The fourth-order valence-electron chi connectivity index (χ4n) is 3.65. The van der Waals surface area contributed by atoms with E-state index in [0.29, 0.717) is 12.5 Å². The number of ether oxygens (including phenoxy) is 1. The molecule has 2 aliphatic rings. The average molecular weight is 321 g/mol. The molecular formula is C21H23NO2. The molecule has 0 spiro atoms. The van der Waals surface area contributed by atoms with E-state index in [2.05, 4.69) is 24.3 Å². The lowest BCUT2D eigenvalue weighted by molar-refractivity contribution is -0.133. The number of rotatable bonds is 5. The number of carbonyl (C=O) groups excluding carboxylic acids is 1. The fraction of sp³-hybridized carbons (Fsp3) is 0.381. The molecule has 4 rings (SSSR count). The van der Waals surface area contributed by atoms with Gasteiger partial charge in [-0.2, -0.15) is 0 Å². The van der Waals surface area contributed by atoms with Gasteiger partial charge in [0.05, 0.1) is 18.1 Å². The molecule has 24 heavy (non-hydrogen) atoms. The van der Waals surface area contributed by atoms with E-state index < -0.39 is 0 Å². The standard InChI is InChI=1S/C21H23NO2/c23-20(21(12-13-21)18-9-5-2-6-10-18)22-14-11-19(15-22)24-16-17-7-3-1-4-8-17/h1-10,19H,11-16H2. The van der Waals surface area contributed by atoms with Crippen molar-refractivity contribution >= 4 is 5.91 Å². The van der Waals surface area contributed by atoms with Crippen LogP contribution >= 0.6 is 0 Å². The first-order valence-electron chi connectivity index (χ1n) is 8.78. The Morgan fingerprint density at radius 1 is 1.04 bits per heavy atom. The van der Waals surface area contributed by atoms with Crippen molar-refractivity contribution in [1.82, 2.24) is 4.90 Å². The van der Waals surface area contributed by atoms with Crippen LogP contribution in [0.1, 0.15) is 30.4 Å². The van der Waals surface area contributed by atoms with Gasteiger partial charge in [0, 0.05) is 13.1 Å². The van der Waals surface area contributed by atoms with Crippen molar-refractivity contribution in [3.63, 3.8) is 0 Å². The van der Waals surface area contributed by atoms with Gasteiger partial charge < -0.3 is 9.64 Å². The van der Waals surface area contributed by atoms with Crippen LogP contribution in [-0.2, 0) is 21.6 Å². The molecule has 1 heterocycles. The Kier molecular flexibility index (Phi) is 4.11. The summed E-state index contributed by atoms with van der Waals surface area (Å²) < 4.78 is 6.01. The summed E-state index contributed by atoms with van der Waals surface area (Å²) in [5, 5.41) is 0. The lowest BCUT2D eigenvalue weighted by Gasteiger charge is -2.23. The summed E-state index contributed by atoms with van der Waals surface area (Å²) in [6, 6.07) is 20.5. The molecule has 0 aromatic heterocycles. The molecule has 2 aromatic carbocycles. The molecule has 0 N–H and O–H groups in total. The predicted molar refractivity (Wildman–Crippen MR) is 93.6 cm³/mol. The van der Waals surface area contributed by atoms with E-state index in [1.807, 2.05) is 41.3 Å². The topological polar surface area (TPSA) is 29.5 Å². The molecule has 2 fully saturated rings. The van der Waals surface area contributed by atoms with Crippen LogP contribution in [0.5, 0.6) is 0 Å². The third kappa shape index (κ3) is 2.96. The van der Waals surface area contributed by atoms with Gasteiger partial charge in [0.25, 0.3) is 0 Å². The van der Waals surface area contributed by atoms with Crippen molar-refractivity contribution in [3.8, 4) is 0 Å². The van der Waals surface area contributed by atoms with Crippen molar-refractivity contribution in [3.05, 3.63) is 71.8 Å². The highest BCUT2D eigenvalue weighted by Crippen LogP contribution is 2.49. The van der Waals surface area contributed by atoms with Crippen LogP contribution in [0, 0.1) is 0 Å². The van der Waals surface area contributed by atoms with E-state index in [-0.39, 0.29) is 11.5 Å². The summed E-state index contributed by atoms with van der Waals surface area (Å²) in [5.41, 5.74) is 2.10. The van der Waals surface area contributed by atoms with Crippen LogP contribution in [0.4, 0.5) is 0 Å². The number of amides is 1. The van der Waals surface area contributed by atoms with Crippen LogP contribution < -0.4 is 0 Å². The van der Waals surface area contributed by atoms with Gasteiger partial charge in [0.1, 0.15) is 0 Å². The number of likely N-dealkylation sites (tertiary alicyclic amines) is 1. The summed E-state index contributed by atoms with van der Waals surface area (Å²) in [6.07, 6.45) is 3.04. The molecule has 1 saturated heterocycles. The summed E-state index contributed by atoms with van der Waals surface area (Å²) in [5.74, 6) is 0.291. The van der Waals surface area contributed by atoms with Crippen LogP contribution in [0.15, 0.2) is 60.7 Å². The minimum Gasteiger partial charge on any atom is -0.372 e. The molecule has 1 unspecified atom stereocenters. The zero-order valence-electron chi connectivity index (χ0n) is 13.9. The van der Waals surface area contributed by atoms with Gasteiger partial charge in [0.2, 0.25) is 5.91 Å². The smallest absolute Gasteiger partial charge is 0.233 e. The summed E-state index contributed by atoms with van der Waals surface area (Å²) >= 11 is 0. The predicted octanol–water partition coefficient (Wildman–Crippen LogP) is 3.54. The first kappa shape index (κ1) is 15.4. The van der Waals surface area contributed by atoms with E-state index >= 15 is 0 Å². The molecule has 2 aromatic rings. The third-order valence-corrected chi connectivity index (χ3v) is 5.25. The second-order valence-corrected chi connectivity index (χ2v) is 6.91. The van der Waals surface area contributed by atoms with Crippen LogP contribution in [0.2, 0.25) is 0 Å². The van der Waals surface area contributed by atoms with Crippen LogP contribution in [0.25, 0.3) is 0 Å². The summed E-state index contributed by atoms with van der Waals surface area (Å²) in [6.45, 7) is 2.16. The van der Waals surface area contributed by atoms with Crippen LogP contribution in [-0.4, -0.2) is 30.0 Å². The van der Waals surface area contributed by atoms with Crippen molar-refractivity contribution in [1.29, 1.82) is 0 Å². The number of hydrogen-bond donors (Lipinski definition) is 0. The normalized spacial score (nSPS) is 21.7. The van der Waals surface area contributed by atoms with E-state index in [9.17, 15) is 4.79 Å². The zero-order chi connectivity index (χ0) is 16.4. The molecule has 1 atom stereocenters. The van der Waals surface area contributed by atoms with E-state index in [1.165, 1.54) is 11.1 Å². The van der Waals surface area contributed by atoms with Gasteiger partial charge in [0.15, 0.2) is 0 Å². The highest BCUT2D eigenvalue weighted by molar-refractivity contribution is 5.91. The Balaban J connectivity index is 1.36. The van der Waals surface area contributed by atoms with Crippen molar-refractivity contribution in [2.45, 2.75) is 37.4 Å². The number of benzene rings is 2. The largest absolute Gasteiger partial charge is 0.372 e. The highest BCUT2D eigenvalue weighted by atomic mass is 16.5. The number of carbonyl (C=O) groups is 1. The van der Waals surface area contributed by atoms with Gasteiger partial charge >= 0.3 is 0 Å². The molecule has 3 heteroatoms. The van der Waals surface area contributed by atoms with E-state index in [1.54, 1.807) is 0 Å². The van der Waals surface area contributed by atoms with E-state index in [0.717, 1.165) is 32.4 Å². The lowest BCUT2D eigenvalue weighted by Crippen LogP contribution is -2.38. The first-order valence-corrected chi connectivity index (χ1v) is 8.78. The molecule has 1 aliphatic carbocycles. The number of hydrogen-bond acceptors (Lipinski definition) is 2. The number of nitrogens with zero attached hydrogens (tertiary/aromatic N) is 1. The SMILES string of the molecule is O=C(N1CCC(OCc2ccccc2)C1)C1(c2ccccc2)CC1. The second kappa shape index (κ2) is 6.40. The molecule has 1 aliphatic heterocycles. The Hall–Kier alpha value is -2.13. The Morgan fingerprint density at radius 2 is 1.71 bits per heavy atom. The average Bonchev–Trinajstić information content (AvgIpc) is 3.33. The van der Waals surface area contributed by atoms with Crippen LogP contribution in [0.3, 0.4) is 0 Å². The molecule has 1 saturated carbocycles. The van der Waals surface area contributed by atoms with Crippen molar-refractivity contribution in [2.75, 3.05) is 13.1 Å². The Bertz CT molecular complexity index is 694. The third-order valence-electron chi connectivity index (χ3n) is 5.25. The van der Waals surface area contributed by atoms with Gasteiger partial charge in [-0.15, -0.1) is 0 Å². The maximum atomic E-state index is 13.0. The van der Waals surface area contributed by atoms with Crippen molar-refractivity contribution in [2.24, 2.45) is 0 Å². The first-order chi connectivity index (χ1) is 11.8.